The van der Waals surface area contributed by atoms with Gasteiger partial charge in [0, 0.05) is 35.0 Å². The van der Waals surface area contributed by atoms with Crippen molar-refractivity contribution in [1.82, 2.24) is 19.7 Å². The van der Waals surface area contributed by atoms with Crippen LogP contribution in [0.1, 0.15) is 34.1 Å². The highest BCUT2D eigenvalue weighted by Gasteiger charge is 2.21. The number of nitrogens with zero attached hydrogens (tertiary/aromatic N) is 4. The first kappa shape index (κ1) is 23.8. The first-order valence-corrected chi connectivity index (χ1v) is 12.6. The Morgan fingerprint density at radius 1 is 1.03 bits per heavy atom. The number of non-ortho nitro benzene ring substituents is 1. The van der Waals surface area contributed by atoms with Crippen LogP contribution in [0.2, 0.25) is 0 Å². The Morgan fingerprint density at radius 3 is 2.50 bits per heavy atom. The van der Waals surface area contributed by atoms with E-state index in [2.05, 4.69) is 63.1 Å². The number of nitrogens with two attached hydrogens (primary N) is 1. The van der Waals surface area contributed by atoms with Crippen molar-refractivity contribution in [1.29, 1.82) is 0 Å². The van der Waals surface area contributed by atoms with Crippen LogP contribution in [0.15, 0.2) is 84.1 Å². The van der Waals surface area contributed by atoms with E-state index in [-0.39, 0.29) is 11.7 Å². The molecule has 8 nitrogen and oxygen atoms in total. The van der Waals surface area contributed by atoms with Crippen LogP contribution in [0.3, 0.4) is 0 Å². The van der Waals surface area contributed by atoms with Crippen molar-refractivity contribution in [3.05, 3.63) is 117 Å². The Labute approximate surface area is 212 Å². The molecular weight excluding hydrogens is 472 g/mol. The van der Waals surface area contributed by atoms with Gasteiger partial charge in [0.25, 0.3) is 5.69 Å². The molecule has 0 aliphatic carbocycles. The topological polar surface area (TPSA) is 116 Å². The summed E-state index contributed by atoms with van der Waals surface area (Å²) >= 11 is 1.54. The van der Waals surface area contributed by atoms with Gasteiger partial charge in [-0.05, 0) is 36.1 Å². The predicted octanol–water partition coefficient (Wildman–Crippen LogP) is 5.56. The van der Waals surface area contributed by atoms with Gasteiger partial charge < -0.3 is 15.3 Å². The molecule has 0 fully saturated rings. The lowest BCUT2D eigenvalue weighted by Crippen LogP contribution is -2.20. The number of nitrogens with one attached hydrogen (secondary N) is 1. The van der Waals surface area contributed by atoms with E-state index in [1.807, 2.05) is 18.3 Å². The molecule has 3 N–H and O–H groups in total. The minimum atomic E-state index is -0.392. The fraction of sp³-hybridized carbons (Fsp3) is 0.185. The minimum absolute atomic E-state index is 0.0804. The molecule has 182 valence electrons. The molecule has 5 rings (SSSR count). The van der Waals surface area contributed by atoms with Gasteiger partial charge in [0.05, 0.1) is 17.5 Å². The molecule has 0 saturated carbocycles. The van der Waals surface area contributed by atoms with Gasteiger partial charge in [-0.15, -0.1) is 10.2 Å². The second kappa shape index (κ2) is 10.3. The third kappa shape index (κ3) is 5.17. The lowest BCUT2D eigenvalue weighted by Gasteiger charge is -2.15. The highest BCUT2D eigenvalue weighted by atomic mass is 32.2. The largest absolute Gasteiger partial charge is 0.361 e. The van der Waals surface area contributed by atoms with Crippen LogP contribution in [0.25, 0.3) is 10.9 Å². The molecule has 1 atom stereocenters. The number of nitro benzene ring substituents is 1. The standard InChI is InChI=1S/C27H26N6O2S/c1-18-6-8-19(9-7-18)16-32-26(24(28)14-21-15-29-25-5-3-2-4-23(21)25)30-31-27(32)36-17-20-10-12-22(13-11-20)33(34)35/h2-13,15,24,29H,14,16-17,28H2,1H3. The van der Waals surface area contributed by atoms with E-state index in [0.717, 1.165) is 38.6 Å². The molecule has 0 saturated heterocycles. The van der Waals surface area contributed by atoms with Gasteiger partial charge in [-0.1, -0.05) is 71.9 Å². The molecule has 1 unspecified atom stereocenters. The fourth-order valence-electron chi connectivity index (χ4n) is 4.20. The van der Waals surface area contributed by atoms with Crippen LogP contribution in [-0.4, -0.2) is 24.7 Å². The number of thioether (sulfide) groups is 1. The second-order valence-corrected chi connectivity index (χ2v) is 9.74. The van der Waals surface area contributed by atoms with E-state index in [4.69, 9.17) is 5.73 Å². The number of fused-ring (bicyclic) bond motifs is 1. The summed E-state index contributed by atoms with van der Waals surface area (Å²) in [6.07, 6.45) is 2.64. The lowest BCUT2D eigenvalue weighted by atomic mass is 10.0. The molecule has 0 radical (unpaired) electrons. The lowest BCUT2D eigenvalue weighted by molar-refractivity contribution is -0.384. The van der Waals surface area contributed by atoms with Gasteiger partial charge in [-0.25, -0.2) is 0 Å². The zero-order valence-electron chi connectivity index (χ0n) is 19.8. The van der Waals surface area contributed by atoms with Crippen molar-refractivity contribution in [2.75, 3.05) is 0 Å². The third-order valence-corrected chi connectivity index (χ3v) is 7.21. The van der Waals surface area contributed by atoms with Crippen molar-refractivity contribution in [3.8, 4) is 0 Å². The van der Waals surface area contributed by atoms with Gasteiger partial charge in [-0.2, -0.15) is 0 Å². The molecule has 2 heterocycles. The van der Waals surface area contributed by atoms with Gasteiger partial charge in [0.1, 0.15) is 0 Å². The first-order chi connectivity index (χ1) is 17.5. The van der Waals surface area contributed by atoms with Crippen molar-refractivity contribution in [2.45, 2.75) is 36.8 Å². The molecule has 9 heteroatoms. The molecule has 0 aliphatic heterocycles. The Bertz CT molecular complexity index is 1490. The zero-order chi connectivity index (χ0) is 25.1. The number of aromatic nitrogens is 4. The van der Waals surface area contributed by atoms with Crippen LogP contribution in [0.5, 0.6) is 0 Å². The van der Waals surface area contributed by atoms with Crippen molar-refractivity contribution in [3.63, 3.8) is 0 Å². The molecule has 0 aliphatic rings. The Kier molecular flexibility index (Phi) is 6.84. The van der Waals surface area contributed by atoms with Crippen LogP contribution in [0, 0.1) is 17.0 Å². The third-order valence-electron chi connectivity index (χ3n) is 6.17. The fourth-order valence-corrected chi connectivity index (χ4v) is 5.10. The molecule has 0 bridgehead atoms. The summed E-state index contributed by atoms with van der Waals surface area (Å²) in [6.45, 7) is 2.67. The molecule has 0 amide bonds. The number of aromatic amines is 1. The number of aryl methyl sites for hydroxylation is 1. The highest BCUT2D eigenvalue weighted by molar-refractivity contribution is 7.98. The quantitative estimate of drug-likeness (QED) is 0.156. The second-order valence-electron chi connectivity index (χ2n) is 8.79. The summed E-state index contributed by atoms with van der Waals surface area (Å²) in [5, 5.41) is 21.9. The predicted molar refractivity (Wildman–Crippen MR) is 142 cm³/mol. The zero-order valence-corrected chi connectivity index (χ0v) is 20.6. The number of nitro groups is 1. The summed E-state index contributed by atoms with van der Waals surface area (Å²) < 4.78 is 2.08. The molecule has 5 aromatic rings. The van der Waals surface area contributed by atoms with E-state index < -0.39 is 4.92 Å². The number of benzene rings is 3. The average molecular weight is 499 g/mol. The maximum Gasteiger partial charge on any atom is 0.269 e. The first-order valence-electron chi connectivity index (χ1n) is 11.6. The number of para-hydroxylation sites is 1. The SMILES string of the molecule is Cc1ccc(Cn2c(SCc3ccc([N+](=O)[O-])cc3)nnc2C(N)Cc2c[nH]c3ccccc23)cc1. The van der Waals surface area contributed by atoms with Crippen LogP contribution >= 0.6 is 11.8 Å². The minimum Gasteiger partial charge on any atom is -0.361 e. The number of hydrogen-bond donors (Lipinski definition) is 2. The average Bonchev–Trinajstić information content (AvgIpc) is 3.48. The van der Waals surface area contributed by atoms with E-state index >= 15 is 0 Å². The molecule has 2 aromatic heterocycles. The van der Waals surface area contributed by atoms with Gasteiger partial charge in [0.2, 0.25) is 0 Å². The number of H-pyrrole nitrogens is 1. The van der Waals surface area contributed by atoms with Gasteiger partial charge in [0.15, 0.2) is 11.0 Å². The monoisotopic (exact) mass is 498 g/mol. The molecule has 0 spiro atoms. The highest BCUT2D eigenvalue weighted by Crippen LogP contribution is 2.28. The Hall–Kier alpha value is -3.95. The summed E-state index contributed by atoms with van der Waals surface area (Å²) in [6, 6.07) is 22.8. The van der Waals surface area contributed by atoms with Crippen molar-refractivity contribution < 1.29 is 4.92 Å². The van der Waals surface area contributed by atoms with Crippen LogP contribution in [0.4, 0.5) is 5.69 Å². The van der Waals surface area contributed by atoms with E-state index in [0.29, 0.717) is 18.7 Å². The van der Waals surface area contributed by atoms with Crippen LogP contribution in [-0.2, 0) is 18.7 Å². The Morgan fingerprint density at radius 2 is 1.75 bits per heavy atom. The van der Waals surface area contributed by atoms with Gasteiger partial charge in [-0.3, -0.25) is 10.1 Å². The molecular formula is C27H26N6O2S. The molecule has 36 heavy (non-hydrogen) atoms. The van der Waals surface area contributed by atoms with Gasteiger partial charge >= 0.3 is 0 Å². The van der Waals surface area contributed by atoms with Crippen molar-refractivity contribution >= 4 is 28.4 Å². The number of rotatable bonds is 9. The molecule has 3 aromatic carbocycles. The smallest absolute Gasteiger partial charge is 0.269 e. The van der Waals surface area contributed by atoms with E-state index in [1.54, 1.807) is 23.9 Å². The number of hydrogen-bond acceptors (Lipinski definition) is 6. The maximum atomic E-state index is 10.9. The van der Waals surface area contributed by atoms with Crippen molar-refractivity contribution in [2.24, 2.45) is 5.73 Å². The maximum absolute atomic E-state index is 10.9. The van der Waals surface area contributed by atoms with Crippen LogP contribution < -0.4 is 5.73 Å². The summed E-state index contributed by atoms with van der Waals surface area (Å²) in [5.74, 6) is 1.34. The Balaban J connectivity index is 1.41. The summed E-state index contributed by atoms with van der Waals surface area (Å²) in [5.41, 5.74) is 12.3. The summed E-state index contributed by atoms with van der Waals surface area (Å²) in [4.78, 5) is 13.9. The van der Waals surface area contributed by atoms with E-state index in [9.17, 15) is 10.1 Å². The van der Waals surface area contributed by atoms with E-state index in [1.165, 1.54) is 17.7 Å². The normalized spacial score (nSPS) is 12.2. The summed E-state index contributed by atoms with van der Waals surface area (Å²) in [7, 11) is 0.